The summed E-state index contributed by atoms with van der Waals surface area (Å²) in [6.45, 7) is 4.64. The van der Waals surface area contributed by atoms with Crippen LogP contribution in [0.1, 0.15) is 34.3 Å². The first kappa shape index (κ1) is 24.4. The molecular formula is C25H29ClFN3O4. The van der Waals surface area contributed by atoms with Gasteiger partial charge in [-0.2, -0.15) is 0 Å². The van der Waals surface area contributed by atoms with Gasteiger partial charge in [0.1, 0.15) is 17.0 Å². The minimum absolute atomic E-state index is 0.131. The molecule has 1 N–H and O–H groups in total. The highest BCUT2D eigenvalue weighted by atomic mass is 35.5. The lowest BCUT2D eigenvalue weighted by Crippen LogP contribution is -2.45. The van der Waals surface area contributed by atoms with Gasteiger partial charge >= 0.3 is 5.97 Å². The Morgan fingerprint density at radius 1 is 1.15 bits per heavy atom. The van der Waals surface area contributed by atoms with Crippen LogP contribution in [0, 0.1) is 5.82 Å². The quantitative estimate of drug-likeness (QED) is 0.600. The number of carbonyl (C=O) groups excluding carboxylic acids is 2. The number of piperazine rings is 1. The summed E-state index contributed by atoms with van der Waals surface area (Å²) >= 11 is 6.44. The van der Waals surface area contributed by atoms with Crippen molar-refractivity contribution in [2.45, 2.75) is 18.3 Å². The molecule has 1 saturated heterocycles. The predicted octanol–water partition coefficient (Wildman–Crippen LogP) is 3.54. The summed E-state index contributed by atoms with van der Waals surface area (Å²) < 4.78 is 25.5. The average molecular weight is 490 g/mol. The van der Waals surface area contributed by atoms with Crippen molar-refractivity contribution >= 4 is 29.2 Å². The first-order valence-corrected chi connectivity index (χ1v) is 11.7. The maximum Gasteiger partial charge on any atom is 0.337 e. The van der Waals surface area contributed by atoms with E-state index in [0.717, 1.165) is 32.7 Å². The predicted molar refractivity (Wildman–Crippen MR) is 128 cm³/mol. The van der Waals surface area contributed by atoms with E-state index in [9.17, 15) is 9.59 Å². The molecule has 0 bridgehead atoms. The second kappa shape index (κ2) is 9.90. The Morgan fingerprint density at radius 2 is 1.88 bits per heavy atom. The number of ether oxygens (including phenoxy) is 2. The monoisotopic (exact) mass is 489 g/mol. The molecule has 1 amide bonds. The molecule has 0 spiro atoms. The van der Waals surface area contributed by atoms with Gasteiger partial charge in [0.2, 0.25) is 5.91 Å². The van der Waals surface area contributed by atoms with Crippen molar-refractivity contribution in [3.63, 3.8) is 0 Å². The van der Waals surface area contributed by atoms with Crippen molar-refractivity contribution in [1.82, 2.24) is 9.80 Å². The van der Waals surface area contributed by atoms with Crippen LogP contribution >= 0.6 is 11.6 Å². The van der Waals surface area contributed by atoms with E-state index in [0.29, 0.717) is 34.9 Å². The molecule has 1 fully saturated rings. The lowest BCUT2D eigenvalue weighted by atomic mass is 9.71. The number of hydrogen-bond acceptors (Lipinski definition) is 6. The molecule has 2 heterocycles. The van der Waals surface area contributed by atoms with Gasteiger partial charge in [0, 0.05) is 43.5 Å². The Morgan fingerprint density at radius 3 is 2.56 bits per heavy atom. The van der Waals surface area contributed by atoms with E-state index in [-0.39, 0.29) is 17.0 Å². The van der Waals surface area contributed by atoms with Crippen LogP contribution in [0.5, 0.6) is 5.75 Å². The molecule has 34 heavy (non-hydrogen) atoms. The van der Waals surface area contributed by atoms with E-state index in [4.69, 9.17) is 21.1 Å². The van der Waals surface area contributed by atoms with Crippen molar-refractivity contribution < 1.29 is 23.5 Å². The van der Waals surface area contributed by atoms with Crippen LogP contribution in [0.4, 0.5) is 10.1 Å². The fraction of sp³-hybridized carbons (Fsp3) is 0.440. The minimum atomic E-state index is -1.34. The first-order chi connectivity index (χ1) is 16.3. The maximum absolute atomic E-state index is 15.4. The zero-order valence-corrected chi connectivity index (χ0v) is 20.4. The molecule has 1 unspecified atom stereocenters. The molecule has 2 aliphatic heterocycles. The smallest absolute Gasteiger partial charge is 0.337 e. The van der Waals surface area contributed by atoms with Gasteiger partial charge in [-0.1, -0.05) is 11.6 Å². The normalized spacial score (nSPS) is 20.7. The zero-order chi connectivity index (χ0) is 24.5. The van der Waals surface area contributed by atoms with Crippen LogP contribution in [0.2, 0.25) is 5.02 Å². The number of nitrogens with one attached hydrogen (secondary N) is 1. The number of fused-ring (bicyclic) bond motifs is 1. The molecule has 0 radical (unpaired) electrons. The van der Waals surface area contributed by atoms with Crippen molar-refractivity contribution in [1.29, 1.82) is 0 Å². The number of nitrogens with zero attached hydrogens (tertiary/aromatic N) is 2. The highest BCUT2D eigenvalue weighted by Crippen LogP contribution is 2.49. The third-order valence-electron chi connectivity index (χ3n) is 6.86. The topological polar surface area (TPSA) is 71.1 Å². The van der Waals surface area contributed by atoms with Crippen LogP contribution in [-0.2, 0) is 14.9 Å². The average Bonchev–Trinajstić information content (AvgIpc) is 3.10. The Kier molecular flexibility index (Phi) is 7.12. The fourth-order valence-corrected chi connectivity index (χ4v) is 5.15. The maximum atomic E-state index is 15.4. The number of likely N-dealkylation sites (N-methyl/N-ethyl adjacent to an activating group) is 1. The number of carbonyl (C=O) groups is 2. The highest BCUT2D eigenvalue weighted by molar-refractivity contribution is 6.32. The van der Waals surface area contributed by atoms with E-state index < -0.39 is 17.2 Å². The van der Waals surface area contributed by atoms with Crippen LogP contribution in [0.15, 0.2) is 30.3 Å². The van der Waals surface area contributed by atoms with E-state index >= 15 is 4.39 Å². The molecule has 9 heteroatoms. The molecule has 0 aliphatic carbocycles. The Labute approximate surface area is 203 Å². The van der Waals surface area contributed by atoms with Gasteiger partial charge in [-0.25, -0.2) is 9.18 Å². The molecule has 0 aromatic heterocycles. The summed E-state index contributed by atoms with van der Waals surface area (Å²) in [4.78, 5) is 30.4. The van der Waals surface area contributed by atoms with Gasteiger partial charge in [0.05, 0.1) is 24.8 Å². The molecular weight excluding hydrogens is 461 g/mol. The number of amides is 1. The largest absolute Gasteiger partial charge is 0.495 e. The van der Waals surface area contributed by atoms with Crippen molar-refractivity contribution in [3.8, 4) is 5.75 Å². The number of halogens is 2. The lowest BCUT2D eigenvalue weighted by molar-refractivity contribution is -0.119. The lowest BCUT2D eigenvalue weighted by Gasteiger charge is -2.34. The Bertz CT molecular complexity index is 1100. The summed E-state index contributed by atoms with van der Waals surface area (Å²) in [5.74, 6) is -1.11. The molecule has 182 valence electrons. The summed E-state index contributed by atoms with van der Waals surface area (Å²) in [5, 5.41) is 3.22. The van der Waals surface area contributed by atoms with Crippen LogP contribution < -0.4 is 10.1 Å². The molecule has 4 rings (SSSR count). The number of benzene rings is 2. The number of methoxy groups -OCH3 is 2. The SMILES string of the molecule is COC(=O)c1ccc(F)c(C2(CCCN3CCN(C)CC3)C(=O)Nc3cc(OC)c(Cl)cc32)c1. The number of rotatable bonds is 7. The minimum Gasteiger partial charge on any atom is -0.495 e. The molecule has 2 aromatic rings. The van der Waals surface area contributed by atoms with Gasteiger partial charge < -0.3 is 24.6 Å². The summed E-state index contributed by atoms with van der Waals surface area (Å²) in [7, 11) is 4.86. The number of esters is 1. The molecule has 1 atom stereocenters. The van der Waals surface area contributed by atoms with Gasteiger partial charge in [0.15, 0.2) is 0 Å². The Balaban J connectivity index is 1.77. The standard InChI is InChI=1S/C25H29ClFN3O4/c1-29-9-11-30(12-10-29)8-4-7-25(17-13-16(23(31)34-3)5-6-20(17)27)18-14-19(26)22(33-2)15-21(18)28-24(25)32/h5-6,13-15H,4,7-12H2,1-3H3,(H,28,32). The van der Waals surface area contributed by atoms with Crippen molar-refractivity contribution in [2.24, 2.45) is 0 Å². The van der Waals surface area contributed by atoms with Crippen LogP contribution in [0.25, 0.3) is 0 Å². The van der Waals surface area contributed by atoms with Crippen molar-refractivity contribution in [2.75, 3.05) is 59.3 Å². The number of hydrogen-bond donors (Lipinski definition) is 1. The van der Waals surface area contributed by atoms with Crippen molar-refractivity contribution in [3.05, 3.63) is 57.9 Å². The van der Waals surface area contributed by atoms with E-state index in [1.165, 1.54) is 32.4 Å². The van der Waals surface area contributed by atoms with Gasteiger partial charge in [0.25, 0.3) is 0 Å². The summed E-state index contributed by atoms with van der Waals surface area (Å²) in [5.41, 5.74) is 0.0622. The molecule has 0 saturated carbocycles. The van der Waals surface area contributed by atoms with Gasteiger partial charge in [-0.15, -0.1) is 0 Å². The highest BCUT2D eigenvalue weighted by Gasteiger charge is 2.50. The second-order valence-corrected chi connectivity index (χ2v) is 9.23. The zero-order valence-electron chi connectivity index (χ0n) is 19.6. The third-order valence-corrected chi connectivity index (χ3v) is 7.15. The first-order valence-electron chi connectivity index (χ1n) is 11.3. The summed E-state index contributed by atoms with van der Waals surface area (Å²) in [6, 6.07) is 7.30. The van der Waals surface area contributed by atoms with E-state index in [1.54, 1.807) is 12.1 Å². The van der Waals surface area contributed by atoms with E-state index in [1.807, 2.05) is 0 Å². The third kappa shape index (κ3) is 4.37. The Hall–Kier alpha value is -2.68. The molecule has 2 aromatic carbocycles. The number of anilines is 1. The van der Waals surface area contributed by atoms with E-state index in [2.05, 4.69) is 22.2 Å². The van der Waals surface area contributed by atoms with Crippen LogP contribution in [0.3, 0.4) is 0 Å². The fourth-order valence-electron chi connectivity index (χ4n) is 4.90. The molecule has 2 aliphatic rings. The van der Waals surface area contributed by atoms with Crippen LogP contribution in [-0.4, -0.2) is 75.7 Å². The summed E-state index contributed by atoms with van der Waals surface area (Å²) in [6.07, 6.45) is 1.00. The van der Waals surface area contributed by atoms with Gasteiger partial charge in [-0.3, -0.25) is 4.79 Å². The molecule has 7 nitrogen and oxygen atoms in total. The van der Waals surface area contributed by atoms with Gasteiger partial charge in [-0.05, 0) is 56.3 Å². The second-order valence-electron chi connectivity index (χ2n) is 8.83.